The monoisotopic (exact) mass is 373 g/mol. The van der Waals surface area contributed by atoms with Gasteiger partial charge in [0.1, 0.15) is 0 Å². The fourth-order valence-electron chi connectivity index (χ4n) is 1.26. The molecule has 134 valence electrons. The third-order valence-electron chi connectivity index (χ3n) is 2.53. The van der Waals surface area contributed by atoms with Crippen LogP contribution < -0.4 is 5.14 Å². The Morgan fingerprint density at radius 1 is 0.773 bits per heavy atom. The SMILES string of the molecule is CCCC(F)(F)C(F)(F)C(F)(F)C(F)(F)C(F)(F)S(N)(=O)=O. The third-order valence-corrected chi connectivity index (χ3v) is 3.51. The highest BCUT2D eigenvalue weighted by atomic mass is 32.2. The maximum absolute atomic E-state index is 13.0. The molecule has 0 rings (SSSR count). The fourth-order valence-corrected chi connectivity index (χ4v) is 1.74. The number of sulfonamides is 1. The van der Waals surface area contributed by atoms with E-state index in [-0.39, 0.29) is 0 Å². The van der Waals surface area contributed by atoms with E-state index >= 15 is 0 Å². The summed E-state index contributed by atoms with van der Waals surface area (Å²) < 4.78 is 150. The largest absolute Gasteiger partial charge is 0.426 e. The Kier molecular flexibility index (Phi) is 5.19. The maximum Gasteiger partial charge on any atom is 0.426 e. The van der Waals surface area contributed by atoms with E-state index in [1.54, 1.807) is 0 Å². The predicted molar refractivity (Wildman–Crippen MR) is 52.8 cm³/mol. The summed E-state index contributed by atoms with van der Waals surface area (Å²) in [5, 5.41) is -3.32. The summed E-state index contributed by atoms with van der Waals surface area (Å²) in [7, 11) is -6.80. The van der Waals surface area contributed by atoms with Gasteiger partial charge in [-0.05, 0) is 0 Å². The lowest BCUT2D eigenvalue weighted by atomic mass is 9.96. The Hall–Kier alpha value is -0.790. The maximum atomic E-state index is 13.0. The van der Waals surface area contributed by atoms with Crippen LogP contribution in [0.1, 0.15) is 19.8 Å². The molecule has 0 amide bonds. The van der Waals surface area contributed by atoms with E-state index in [4.69, 9.17) is 0 Å². The summed E-state index contributed by atoms with van der Waals surface area (Å²) in [6.45, 7) is 0.805. The van der Waals surface area contributed by atoms with Gasteiger partial charge in [-0.2, -0.15) is 43.9 Å². The fraction of sp³-hybridized carbons (Fsp3) is 1.00. The molecule has 0 saturated carbocycles. The van der Waals surface area contributed by atoms with Crippen LogP contribution in [0, 0.1) is 0 Å². The highest BCUT2D eigenvalue weighted by Crippen LogP contribution is 2.58. The van der Waals surface area contributed by atoms with Crippen molar-refractivity contribution in [3.05, 3.63) is 0 Å². The van der Waals surface area contributed by atoms with E-state index < -0.39 is 51.8 Å². The molecule has 0 saturated heterocycles. The second kappa shape index (κ2) is 5.39. The van der Waals surface area contributed by atoms with Crippen molar-refractivity contribution in [1.29, 1.82) is 0 Å². The van der Waals surface area contributed by atoms with E-state index in [1.165, 1.54) is 0 Å². The molecule has 0 spiro atoms. The first-order valence-corrected chi connectivity index (χ1v) is 6.77. The van der Waals surface area contributed by atoms with Gasteiger partial charge in [0.15, 0.2) is 0 Å². The highest BCUT2D eigenvalue weighted by Gasteiger charge is 2.88. The van der Waals surface area contributed by atoms with Gasteiger partial charge < -0.3 is 0 Å². The zero-order valence-corrected chi connectivity index (χ0v) is 11.3. The van der Waals surface area contributed by atoms with Crippen molar-refractivity contribution in [1.82, 2.24) is 0 Å². The molecule has 3 nitrogen and oxygen atoms in total. The molecule has 0 radical (unpaired) electrons. The zero-order chi connectivity index (χ0) is 18.4. The number of hydrogen-bond donors (Lipinski definition) is 1. The average Bonchev–Trinajstić information content (AvgIpc) is 2.26. The molecular formula is C8H9F10NO2S. The van der Waals surface area contributed by atoms with Gasteiger partial charge in [0.05, 0.1) is 0 Å². The molecule has 0 bridgehead atoms. The van der Waals surface area contributed by atoms with Crippen molar-refractivity contribution in [2.75, 3.05) is 0 Å². The zero-order valence-electron chi connectivity index (χ0n) is 10.5. The van der Waals surface area contributed by atoms with Gasteiger partial charge >= 0.3 is 28.9 Å². The van der Waals surface area contributed by atoms with Crippen molar-refractivity contribution in [2.45, 2.75) is 48.7 Å². The number of hydrogen-bond acceptors (Lipinski definition) is 2. The Morgan fingerprint density at radius 2 is 1.14 bits per heavy atom. The Bertz CT molecular complexity index is 515. The first-order valence-electron chi connectivity index (χ1n) is 5.22. The van der Waals surface area contributed by atoms with Gasteiger partial charge in [0.2, 0.25) is 0 Å². The molecule has 0 aromatic carbocycles. The molecule has 0 aliphatic carbocycles. The Balaban J connectivity index is 6.23. The molecule has 2 N–H and O–H groups in total. The van der Waals surface area contributed by atoms with Crippen LogP contribution in [0.2, 0.25) is 0 Å². The second-order valence-corrected chi connectivity index (χ2v) is 5.84. The van der Waals surface area contributed by atoms with Crippen molar-refractivity contribution < 1.29 is 52.3 Å². The number of nitrogens with two attached hydrogens (primary N) is 1. The number of primary sulfonamides is 1. The summed E-state index contributed by atoms with van der Waals surface area (Å²) in [4.78, 5) is 0. The second-order valence-electron chi connectivity index (χ2n) is 4.24. The lowest BCUT2D eigenvalue weighted by Crippen LogP contribution is -2.69. The summed E-state index contributed by atoms with van der Waals surface area (Å²) >= 11 is 0. The summed E-state index contributed by atoms with van der Waals surface area (Å²) in [6, 6.07) is 0. The third kappa shape index (κ3) is 2.74. The Morgan fingerprint density at radius 3 is 1.41 bits per heavy atom. The molecule has 0 atom stereocenters. The molecule has 0 heterocycles. The summed E-state index contributed by atoms with van der Waals surface area (Å²) in [5.74, 6) is -27.6. The normalized spacial score (nSPS) is 16.0. The minimum absolute atomic E-state index is 0.805. The molecule has 0 aromatic heterocycles. The molecule has 22 heavy (non-hydrogen) atoms. The molecule has 0 unspecified atom stereocenters. The lowest BCUT2D eigenvalue weighted by Gasteiger charge is -2.38. The van der Waals surface area contributed by atoms with Crippen LogP contribution in [0.5, 0.6) is 0 Å². The quantitative estimate of drug-likeness (QED) is 0.697. The lowest BCUT2D eigenvalue weighted by molar-refractivity contribution is -0.390. The first kappa shape index (κ1) is 21.2. The van der Waals surface area contributed by atoms with Gasteiger partial charge in [-0.15, -0.1) is 0 Å². The smallest absolute Gasteiger partial charge is 0.223 e. The number of alkyl halides is 10. The van der Waals surface area contributed by atoms with E-state index in [0.717, 1.165) is 6.92 Å². The molecule has 0 aliphatic rings. The molecule has 0 aromatic rings. The molecule has 0 aliphatic heterocycles. The minimum atomic E-state index is -7.41. The van der Waals surface area contributed by atoms with Gasteiger partial charge in [-0.25, -0.2) is 13.6 Å². The van der Waals surface area contributed by atoms with Crippen molar-refractivity contribution >= 4 is 10.0 Å². The first-order chi connectivity index (χ1) is 9.31. The van der Waals surface area contributed by atoms with E-state index in [2.05, 4.69) is 5.14 Å². The average molecular weight is 373 g/mol. The topological polar surface area (TPSA) is 60.2 Å². The molecular weight excluding hydrogens is 364 g/mol. The van der Waals surface area contributed by atoms with Crippen molar-refractivity contribution in [3.63, 3.8) is 0 Å². The van der Waals surface area contributed by atoms with Crippen LogP contribution in [-0.4, -0.2) is 37.4 Å². The summed E-state index contributed by atoms with van der Waals surface area (Å²) in [6.07, 6.45) is -2.91. The van der Waals surface area contributed by atoms with E-state index in [9.17, 15) is 52.3 Å². The van der Waals surface area contributed by atoms with Gasteiger partial charge in [0, 0.05) is 6.42 Å². The highest BCUT2D eigenvalue weighted by molar-refractivity contribution is 7.90. The molecule has 0 fully saturated rings. The van der Waals surface area contributed by atoms with Gasteiger partial charge in [0.25, 0.3) is 10.0 Å². The van der Waals surface area contributed by atoms with Crippen LogP contribution in [0.15, 0.2) is 0 Å². The minimum Gasteiger partial charge on any atom is -0.223 e. The number of rotatable bonds is 7. The van der Waals surface area contributed by atoms with Crippen LogP contribution in [0.3, 0.4) is 0 Å². The van der Waals surface area contributed by atoms with Crippen LogP contribution in [0.25, 0.3) is 0 Å². The van der Waals surface area contributed by atoms with Crippen molar-refractivity contribution in [3.8, 4) is 0 Å². The standard InChI is InChI=1S/C8H9F10NO2S/c1-2-3-4(9,10)5(11,12)6(13,14)7(15,16)8(17,18)22(19,20)21/h2-3H2,1H3,(H2,19,20,21). The van der Waals surface area contributed by atoms with Gasteiger partial charge in [-0.3, -0.25) is 0 Å². The number of halogens is 10. The van der Waals surface area contributed by atoms with E-state index in [1.807, 2.05) is 0 Å². The van der Waals surface area contributed by atoms with Crippen LogP contribution in [-0.2, 0) is 10.0 Å². The Labute approximate surface area is 117 Å². The molecule has 14 heteroatoms. The summed E-state index contributed by atoms with van der Waals surface area (Å²) in [5.41, 5.74) is 0. The van der Waals surface area contributed by atoms with Crippen LogP contribution >= 0.6 is 0 Å². The van der Waals surface area contributed by atoms with Crippen LogP contribution in [0.4, 0.5) is 43.9 Å². The predicted octanol–water partition coefficient (Wildman–Crippen LogP) is 3.21. The van der Waals surface area contributed by atoms with Gasteiger partial charge in [-0.1, -0.05) is 13.3 Å². The van der Waals surface area contributed by atoms with E-state index in [0.29, 0.717) is 0 Å². The van der Waals surface area contributed by atoms with Crippen molar-refractivity contribution in [2.24, 2.45) is 5.14 Å².